The van der Waals surface area contributed by atoms with Crippen molar-refractivity contribution in [3.8, 4) is 0 Å². The molecule has 1 saturated heterocycles. The van der Waals surface area contributed by atoms with Gasteiger partial charge in [-0.1, -0.05) is 19.8 Å². The van der Waals surface area contributed by atoms with Crippen molar-refractivity contribution in [3.63, 3.8) is 0 Å². The highest BCUT2D eigenvalue weighted by Crippen LogP contribution is 2.27. The van der Waals surface area contributed by atoms with E-state index in [0.717, 1.165) is 19.3 Å². The lowest BCUT2D eigenvalue weighted by Gasteiger charge is -1.89. The van der Waals surface area contributed by atoms with Crippen LogP contribution in [-0.4, -0.2) is 18.9 Å². The van der Waals surface area contributed by atoms with Gasteiger partial charge >= 0.3 is 0 Å². The monoisotopic (exact) mass is 144 g/mol. The number of unbranched alkanes of at least 4 members (excludes halogenated alkanes) is 1. The number of rotatable bonds is 5. The van der Waals surface area contributed by atoms with E-state index in [-0.39, 0.29) is 12.4 Å². The van der Waals surface area contributed by atoms with Gasteiger partial charge < -0.3 is 9.47 Å². The zero-order valence-electron chi connectivity index (χ0n) is 6.08. The van der Waals surface area contributed by atoms with E-state index in [9.17, 15) is 4.79 Å². The molecule has 0 N–H and O–H groups in total. The molecule has 0 bridgehead atoms. The minimum atomic E-state index is -0.232. The van der Waals surface area contributed by atoms with Gasteiger partial charge in [0.15, 0.2) is 0 Å². The largest absolute Gasteiger partial charge is 0.435 e. The quantitative estimate of drug-likeness (QED) is 0.428. The molecular formula is C7H12O3. The Morgan fingerprint density at radius 2 is 2.50 bits per heavy atom. The van der Waals surface area contributed by atoms with Gasteiger partial charge in [-0.25, -0.2) is 0 Å². The maximum absolute atomic E-state index is 9.77. The highest BCUT2D eigenvalue weighted by atomic mass is 16.8. The van der Waals surface area contributed by atoms with Crippen molar-refractivity contribution in [2.45, 2.75) is 38.6 Å². The Balaban J connectivity index is 1.96. The van der Waals surface area contributed by atoms with Crippen LogP contribution < -0.4 is 0 Å². The first-order valence-electron chi connectivity index (χ1n) is 3.63. The third-order valence-electron chi connectivity index (χ3n) is 1.57. The van der Waals surface area contributed by atoms with Gasteiger partial charge in [0, 0.05) is 0 Å². The van der Waals surface area contributed by atoms with Crippen molar-refractivity contribution in [1.82, 2.24) is 0 Å². The summed E-state index contributed by atoms with van der Waals surface area (Å²) in [6, 6.07) is 0. The molecule has 2 atom stereocenters. The van der Waals surface area contributed by atoms with Crippen LogP contribution in [0.1, 0.15) is 26.2 Å². The lowest BCUT2D eigenvalue weighted by atomic mass is 10.2. The van der Waals surface area contributed by atoms with Crippen LogP contribution in [0.2, 0.25) is 0 Å². The summed E-state index contributed by atoms with van der Waals surface area (Å²) < 4.78 is 9.57. The van der Waals surface area contributed by atoms with Gasteiger partial charge in [-0.3, -0.25) is 4.79 Å². The fourth-order valence-corrected chi connectivity index (χ4v) is 0.911. The Hall–Kier alpha value is -0.570. The molecule has 0 spiro atoms. The summed E-state index contributed by atoms with van der Waals surface area (Å²) in [4.78, 5) is 9.77. The average Bonchev–Trinajstić information content (AvgIpc) is 2.65. The summed E-state index contributed by atoms with van der Waals surface area (Å²) >= 11 is 0. The highest BCUT2D eigenvalue weighted by molar-refractivity contribution is 5.37. The second-order valence-electron chi connectivity index (χ2n) is 2.42. The van der Waals surface area contributed by atoms with Gasteiger partial charge in [-0.2, -0.15) is 0 Å². The minimum Gasteiger partial charge on any atom is -0.435 e. The summed E-state index contributed by atoms with van der Waals surface area (Å²) in [5, 5.41) is 0. The van der Waals surface area contributed by atoms with Crippen molar-refractivity contribution in [1.29, 1.82) is 0 Å². The van der Waals surface area contributed by atoms with Crippen LogP contribution in [0.3, 0.4) is 0 Å². The highest BCUT2D eigenvalue weighted by Gasteiger charge is 2.39. The van der Waals surface area contributed by atoms with Crippen LogP contribution in [0.25, 0.3) is 0 Å². The molecule has 0 aromatic rings. The van der Waals surface area contributed by atoms with E-state index < -0.39 is 0 Å². The third-order valence-corrected chi connectivity index (χ3v) is 1.57. The van der Waals surface area contributed by atoms with E-state index in [0.29, 0.717) is 6.47 Å². The predicted molar refractivity (Wildman–Crippen MR) is 35.3 cm³/mol. The number of epoxide rings is 1. The standard InChI is InChI=1S/C7H12O3/c1-2-3-4-6-7(10-6)9-5-8/h5-7H,2-4H2,1H3/t6?,7-/m1/s1. The maximum Gasteiger partial charge on any atom is 0.295 e. The summed E-state index contributed by atoms with van der Waals surface area (Å²) in [5.41, 5.74) is 0. The molecule has 0 aromatic carbocycles. The Labute approximate surface area is 60.3 Å². The summed E-state index contributed by atoms with van der Waals surface area (Å²) in [6.07, 6.45) is 3.26. The van der Waals surface area contributed by atoms with Crippen LogP contribution in [-0.2, 0) is 14.3 Å². The van der Waals surface area contributed by atoms with E-state index in [2.05, 4.69) is 11.7 Å². The zero-order chi connectivity index (χ0) is 7.40. The van der Waals surface area contributed by atoms with Crippen LogP contribution >= 0.6 is 0 Å². The molecule has 3 heteroatoms. The molecule has 1 heterocycles. The molecule has 0 amide bonds. The summed E-state index contributed by atoms with van der Waals surface area (Å²) in [5.74, 6) is 0. The summed E-state index contributed by atoms with van der Waals surface area (Å²) in [7, 11) is 0. The fraction of sp³-hybridized carbons (Fsp3) is 0.857. The Kier molecular flexibility index (Phi) is 2.68. The third kappa shape index (κ3) is 1.99. The molecule has 3 nitrogen and oxygen atoms in total. The molecular weight excluding hydrogens is 132 g/mol. The zero-order valence-corrected chi connectivity index (χ0v) is 6.08. The molecule has 1 unspecified atom stereocenters. The lowest BCUT2D eigenvalue weighted by Crippen LogP contribution is -1.97. The van der Waals surface area contributed by atoms with Crippen LogP contribution in [0, 0.1) is 0 Å². The molecule has 0 aromatic heterocycles. The first-order valence-corrected chi connectivity index (χ1v) is 3.63. The van der Waals surface area contributed by atoms with Crippen molar-refractivity contribution >= 4 is 6.47 Å². The van der Waals surface area contributed by atoms with Gasteiger partial charge in [-0.05, 0) is 6.42 Å². The minimum absolute atomic E-state index is 0.185. The molecule has 0 aliphatic carbocycles. The van der Waals surface area contributed by atoms with Crippen LogP contribution in [0.15, 0.2) is 0 Å². The number of hydrogen-bond acceptors (Lipinski definition) is 3. The Bertz CT molecular complexity index is 113. The van der Waals surface area contributed by atoms with Crippen molar-refractivity contribution in [3.05, 3.63) is 0 Å². The first kappa shape index (κ1) is 7.54. The van der Waals surface area contributed by atoms with Gasteiger partial charge in [-0.15, -0.1) is 0 Å². The molecule has 1 aliphatic rings. The molecule has 1 aliphatic heterocycles. The van der Waals surface area contributed by atoms with Gasteiger partial charge in [0.25, 0.3) is 6.47 Å². The smallest absolute Gasteiger partial charge is 0.295 e. The van der Waals surface area contributed by atoms with E-state index in [4.69, 9.17) is 4.74 Å². The van der Waals surface area contributed by atoms with Crippen LogP contribution in [0.5, 0.6) is 0 Å². The number of ether oxygens (including phenoxy) is 2. The van der Waals surface area contributed by atoms with E-state index in [1.54, 1.807) is 0 Å². The lowest BCUT2D eigenvalue weighted by molar-refractivity contribution is -0.133. The van der Waals surface area contributed by atoms with Crippen LogP contribution in [0.4, 0.5) is 0 Å². The SMILES string of the molecule is CCCCC1O[C@H]1OC=O. The number of carbonyl (C=O) groups excluding carboxylic acids is 1. The number of carbonyl (C=O) groups is 1. The van der Waals surface area contributed by atoms with Gasteiger partial charge in [0.05, 0.1) is 0 Å². The number of hydrogen-bond donors (Lipinski definition) is 0. The molecule has 0 saturated carbocycles. The van der Waals surface area contributed by atoms with Gasteiger partial charge in [0.1, 0.15) is 6.10 Å². The normalized spacial score (nSPS) is 29.7. The predicted octanol–water partition coefficient (Wildman–Crippen LogP) is 1.07. The van der Waals surface area contributed by atoms with Gasteiger partial charge in [0.2, 0.25) is 6.29 Å². The summed E-state index contributed by atoms with van der Waals surface area (Å²) in [6.45, 7) is 2.56. The maximum atomic E-state index is 9.77. The molecule has 0 radical (unpaired) electrons. The van der Waals surface area contributed by atoms with E-state index in [1.165, 1.54) is 0 Å². The molecule has 10 heavy (non-hydrogen) atoms. The van der Waals surface area contributed by atoms with Crippen molar-refractivity contribution < 1.29 is 14.3 Å². The molecule has 58 valence electrons. The van der Waals surface area contributed by atoms with E-state index in [1.807, 2.05) is 0 Å². The topological polar surface area (TPSA) is 38.8 Å². The second kappa shape index (κ2) is 3.56. The van der Waals surface area contributed by atoms with Crippen molar-refractivity contribution in [2.24, 2.45) is 0 Å². The molecule has 1 fully saturated rings. The second-order valence-corrected chi connectivity index (χ2v) is 2.42. The Morgan fingerprint density at radius 3 is 3.10 bits per heavy atom. The van der Waals surface area contributed by atoms with Crippen molar-refractivity contribution in [2.75, 3.05) is 0 Å². The molecule has 1 rings (SSSR count). The first-order chi connectivity index (χ1) is 4.88. The van der Waals surface area contributed by atoms with E-state index >= 15 is 0 Å². The Morgan fingerprint density at radius 1 is 1.70 bits per heavy atom. The fourth-order valence-electron chi connectivity index (χ4n) is 0.911. The average molecular weight is 144 g/mol.